The lowest BCUT2D eigenvalue weighted by Gasteiger charge is -2.04. The lowest BCUT2D eigenvalue weighted by molar-refractivity contribution is -0.138. The first-order valence-electron chi connectivity index (χ1n) is 6.16. The lowest BCUT2D eigenvalue weighted by Crippen LogP contribution is -2.32. The molecule has 20 heavy (non-hydrogen) atoms. The van der Waals surface area contributed by atoms with Gasteiger partial charge in [-0.15, -0.1) is 5.10 Å². The maximum atomic E-state index is 11.6. The second-order valence-electron chi connectivity index (χ2n) is 4.25. The number of nitrogens with two attached hydrogens (primary N) is 1. The van der Waals surface area contributed by atoms with Gasteiger partial charge in [0, 0.05) is 32.9 Å². The van der Waals surface area contributed by atoms with Crippen molar-refractivity contribution in [1.82, 2.24) is 20.3 Å². The number of amides is 1. The van der Waals surface area contributed by atoms with Crippen molar-refractivity contribution >= 4 is 11.9 Å². The lowest BCUT2D eigenvalue weighted by atomic mass is 10.2. The number of aromatic nitrogens is 3. The van der Waals surface area contributed by atoms with Crippen LogP contribution >= 0.6 is 0 Å². The van der Waals surface area contributed by atoms with Crippen molar-refractivity contribution < 1.29 is 19.4 Å². The van der Waals surface area contributed by atoms with Crippen LogP contribution in [0.2, 0.25) is 0 Å². The molecule has 0 aliphatic rings. The Kier molecular flexibility index (Phi) is 6.60. The first-order chi connectivity index (χ1) is 9.52. The van der Waals surface area contributed by atoms with E-state index in [2.05, 4.69) is 15.6 Å². The van der Waals surface area contributed by atoms with Gasteiger partial charge in [-0.1, -0.05) is 5.21 Å². The van der Waals surface area contributed by atoms with Crippen molar-refractivity contribution in [2.45, 2.75) is 25.4 Å². The number of nitrogens with zero attached hydrogens (tertiary/aromatic N) is 3. The zero-order valence-electron chi connectivity index (χ0n) is 11.3. The SMILES string of the molecule is COCCCNC(=O)Cn1cc(CC(N)C(=O)O)nn1. The molecule has 1 amide bonds. The number of ether oxygens (including phenoxy) is 1. The Labute approximate surface area is 116 Å². The summed E-state index contributed by atoms with van der Waals surface area (Å²) in [5.74, 6) is -1.30. The van der Waals surface area contributed by atoms with E-state index in [9.17, 15) is 9.59 Å². The van der Waals surface area contributed by atoms with Gasteiger partial charge in [0.2, 0.25) is 5.91 Å². The van der Waals surface area contributed by atoms with Crippen LogP contribution in [-0.4, -0.2) is 58.3 Å². The number of nitrogens with one attached hydrogen (secondary N) is 1. The van der Waals surface area contributed by atoms with Crippen LogP contribution in [0.4, 0.5) is 0 Å². The smallest absolute Gasteiger partial charge is 0.320 e. The van der Waals surface area contributed by atoms with Crippen LogP contribution in [0.15, 0.2) is 6.20 Å². The Balaban J connectivity index is 2.36. The van der Waals surface area contributed by atoms with E-state index < -0.39 is 12.0 Å². The fourth-order valence-corrected chi connectivity index (χ4v) is 1.47. The number of carbonyl (C=O) groups is 2. The molecule has 9 nitrogen and oxygen atoms in total. The molecule has 0 aromatic carbocycles. The van der Waals surface area contributed by atoms with Crippen LogP contribution in [-0.2, 0) is 27.3 Å². The van der Waals surface area contributed by atoms with Crippen LogP contribution in [0.3, 0.4) is 0 Å². The molecule has 1 atom stereocenters. The summed E-state index contributed by atoms with van der Waals surface area (Å²) in [6.45, 7) is 1.14. The summed E-state index contributed by atoms with van der Waals surface area (Å²) in [5.41, 5.74) is 5.82. The van der Waals surface area contributed by atoms with Gasteiger partial charge in [-0.2, -0.15) is 0 Å². The molecule has 0 saturated carbocycles. The number of rotatable bonds is 9. The van der Waals surface area contributed by atoms with Gasteiger partial charge in [-0.25, -0.2) is 4.68 Å². The predicted molar refractivity (Wildman–Crippen MR) is 68.8 cm³/mol. The highest BCUT2D eigenvalue weighted by Crippen LogP contribution is 1.98. The minimum Gasteiger partial charge on any atom is -0.480 e. The van der Waals surface area contributed by atoms with E-state index in [0.717, 1.165) is 6.42 Å². The molecule has 9 heteroatoms. The van der Waals surface area contributed by atoms with Gasteiger partial charge in [-0.05, 0) is 6.42 Å². The van der Waals surface area contributed by atoms with E-state index in [1.807, 2.05) is 0 Å². The van der Waals surface area contributed by atoms with Crippen LogP contribution in [0.1, 0.15) is 12.1 Å². The quantitative estimate of drug-likeness (QED) is 0.465. The summed E-state index contributed by atoms with van der Waals surface area (Å²) < 4.78 is 6.21. The van der Waals surface area contributed by atoms with E-state index in [-0.39, 0.29) is 18.9 Å². The summed E-state index contributed by atoms with van der Waals surface area (Å²) in [5, 5.41) is 18.9. The van der Waals surface area contributed by atoms with Crippen LogP contribution in [0.5, 0.6) is 0 Å². The molecule has 0 spiro atoms. The molecule has 1 heterocycles. The third-order valence-corrected chi connectivity index (χ3v) is 2.49. The molecule has 1 aromatic rings. The molecule has 1 unspecified atom stereocenters. The third kappa shape index (κ3) is 5.76. The number of hydrogen-bond acceptors (Lipinski definition) is 6. The van der Waals surface area contributed by atoms with Gasteiger partial charge in [0.25, 0.3) is 0 Å². The van der Waals surface area contributed by atoms with Crippen LogP contribution in [0.25, 0.3) is 0 Å². The Bertz CT molecular complexity index is 448. The fraction of sp³-hybridized carbons (Fsp3) is 0.636. The number of aliphatic carboxylic acids is 1. The summed E-state index contributed by atoms with van der Waals surface area (Å²) in [6.07, 6.45) is 2.32. The van der Waals surface area contributed by atoms with Gasteiger partial charge >= 0.3 is 5.97 Å². The number of hydrogen-bond donors (Lipinski definition) is 3. The monoisotopic (exact) mass is 285 g/mol. The topological polar surface area (TPSA) is 132 Å². The van der Waals surface area contributed by atoms with Crippen LogP contribution < -0.4 is 11.1 Å². The Morgan fingerprint density at radius 2 is 2.35 bits per heavy atom. The van der Waals surface area contributed by atoms with E-state index in [4.69, 9.17) is 15.6 Å². The molecule has 4 N–H and O–H groups in total. The molecule has 0 bridgehead atoms. The largest absolute Gasteiger partial charge is 0.480 e. The Morgan fingerprint density at radius 1 is 1.60 bits per heavy atom. The molecule has 0 aliphatic carbocycles. The van der Waals surface area contributed by atoms with Crippen LogP contribution in [0, 0.1) is 0 Å². The average Bonchev–Trinajstić information content (AvgIpc) is 2.81. The summed E-state index contributed by atoms with van der Waals surface area (Å²) in [7, 11) is 1.60. The third-order valence-electron chi connectivity index (χ3n) is 2.49. The standard InChI is InChI=1S/C11H19N5O4/c1-20-4-2-3-13-10(17)7-16-6-8(14-15-16)5-9(12)11(18)19/h6,9H,2-5,7,12H2,1H3,(H,13,17)(H,18,19). The van der Waals surface area contributed by atoms with Gasteiger partial charge in [0.1, 0.15) is 12.6 Å². The first-order valence-corrected chi connectivity index (χ1v) is 6.16. The van der Waals surface area contributed by atoms with Gasteiger partial charge in [0.15, 0.2) is 0 Å². The van der Waals surface area contributed by atoms with Crippen molar-refractivity contribution in [2.75, 3.05) is 20.3 Å². The molecular weight excluding hydrogens is 266 g/mol. The van der Waals surface area contributed by atoms with E-state index in [1.54, 1.807) is 7.11 Å². The first kappa shape index (κ1) is 16.1. The highest BCUT2D eigenvalue weighted by Gasteiger charge is 2.14. The highest BCUT2D eigenvalue weighted by molar-refractivity contribution is 5.75. The molecular formula is C11H19N5O4. The number of carboxylic acids is 1. The normalized spacial score (nSPS) is 12.1. The van der Waals surface area contributed by atoms with Gasteiger partial charge in [-0.3, -0.25) is 9.59 Å². The average molecular weight is 285 g/mol. The minimum absolute atomic E-state index is 0.0301. The highest BCUT2D eigenvalue weighted by atomic mass is 16.5. The van der Waals surface area contributed by atoms with E-state index in [1.165, 1.54) is 10.9 Å². The molecule has 0 saturated heterocycles. The zero-order chi connectivity index (χ0) is 15.0. The van der Waals surface area contributed by atoms with Crippen molar-refractivity contribution in [2.24, 2.45) is 5.73 Å². The van der Waals surface area contributed by atoms with E-state index >= 15 is 0 Å². The second kappa shape index (κ2) is 8.23. The molecule has 0 fully saturated rings. The molecule has 1 rings (SSSR count). The number of carboxylic acid groups (broad SMARTS) is 1. The summed E-state index contributed by atoms with van der Waals surface area (Å²) >= 11 is 0. The second-order valence-corrected chi connectivity index (χ2v) is 4.25. The van der Waals surface area contributed by atoms with Gasteiger partial charge in [0.05, 0.1) is 5.69 Å². The minimum atomic E-state index is -1.10. The molecule has 0 aliphatic heterocycles. The van der Waals surface area contributed by atoms with Crippen molar-refractivity contribution in [3.63, 3.8) is 0 Å². The fourth-order valence-electron chi connectivity index (χ4n) is 1.47. The zero-order valence-corrected chi connectivity index (χ0v) is 11.3. The predicted octanol–water partition coefficient (Wildman–Crippen LogP) is -1.61. The maximum Gasteiger partial charge on any atom is 0.320 e. The molecule has 1 aromatic heterocycles. The maximum absolute atomic E-state index is 11.6. The number of carbonyl (C=O) groups excluding carboxylic acids is 1. The summed E-state index contributed by atoms with van der Waals surface area (Å²) in [4.78, 5) is 22.2. The summed E-state index contributed by atoms with van der Waals surface area (Å²) in [6, 6.07) is -1.02. The van der Waals surface area contributed by atoms with Crippen molar-refractivity contribution in [3.05, 3.63) is 11.9 Å². The Morgan fingerprint density at radius 3 is 3.00 bits per heavy atom. The van der Waals surface area contributed by atoms with Gasteiger partial charge < -0.3 is 20.9 Å². The van der Waals surface area contributed by atoms with E-state index in [0.29, 0.717) is 18.8 Å². The Hall–Kier alpha value is -2.00. The molecule has 112 valence electrons. The van der Waals surface area contributed by atoms with Crippen molar-refractivity contribution in [1.29, 1.82) is 0 Å². The number of methoxy groups -OCH3 is 1. The van der Waals surface area contributed by atoms with Crippen molar-refractivity contribution in [3.8, 4) is 0 Å². The molecule has 0 radical (unpaired) electrons.